The summed E-state index contributed by atoms with van der Waals surface area (Å²) in [4.78, 5) is 16.0. The van der Waals surface area contributed by atoms with E-state index in [1.807, 2.05) is 6.07 Å². The molecule has 0 saturated carbocycles. The number of amides is 1. The fourth-order valence-electron chi connectivity index (χ4n) is 1.54. The molecule has 0 unspecified atom stereocenters. The van der Waals surface area contributed by atoms with E-state index in [2.05, 4.69) is 26.2 Å². The van der Waals surface area contributed by atoms with Gasteiger partial charge in [0.1, 0.15) is 11.8 Å². The number of ether oxygens (including phenoxy) is 1. The second kappa shape index (κ2) is 6.68. The normalized spacial score (nSPS) is 9.60. The standard InChI is InChI=1S/C14H10BrN3O2/c15-11-7-10(8-17-9-11)14(19)18-12-3-1-2-4-13(12)20-6-5-16/h1-4,7-9H,6H2,(H,18,19). The Kier molecular flexibility index (Phi) is 4.69. The van der Waals surface area contributed by atoms with E-state index in [9.17, 15) is 4.79 Å². The first-order valence-corrected chi connectivity index (χ1v) is 6.50. The number of carbonyl (C=O) groups is 1. The molecular formula is C14H10BrN3O2. The summed E-state index contributed by atoms with van der Waals surface area (Å²) >= 11 is 3.26. The maximum absolute atomic E-state index is 12.1. The highest BCUT2D eigenvalue weighted by molar-refractivity contribution is 9.10. The molecule has 5 nitrogen and oxygen atoms in total. The number of hydrogen-bond acceptors (Lipinski definition) is 4. The fraction of sp³-hybridized carbons (Fsp3) is 0.0714. The maximum atomic E-state index is 12.1. The second-order valence-electron chi connectivity index (χ2n) is 3.79. The zero-order valence-electron chi connectivity index (χ0n) is 10.3. The molecule has 1 aromatic heterocycles. The minimum atomic E-state index is -0.299. The molecule has 1 aromatic carbocycles. The van der Waals surface area contributed by atoms with Crippen molar-refractivity contribution in [2.45, 2.75) is 0 Å². The van der Waals surface area contributed by atoms with Crippen LogP contribution in [0.5, 0.6) is 5.75 Å². The minimum Gasteiger partial charge on any atom is -0.477 e. The summed E-state index contributed by atoms with van der Waals surface area (Å²) in [5.74, 6) is 0.150. The van der Waals surface area contributed by atoms with E-state index >= 15 is 0 Å². The highest BCUT2D eigenvalue weighted by Gasteiger charge is 2.10. The van der Waals surface area contributed by atoms with Gasteiger partial charge in [-0.15, -0.1) is 0 Å². The number of carbonyl (C=O) groups excluding carboxylic acids is 1. The van der Waals surface area contributed by atoms with Gasteiger partial charge in [-0.3, -0.25) is 9.78 Å². The quantitative estimate of drug-likeness (QED) is 0.934. The average molecular weight is 332 g/mol. The van der Waals surface area contributed by atoms with Gasteiger partial charge in [0.25, 0.3) is 5.91 Å². The molecule has 0 bridgehead atoms. The molecule has 2 aromatic rings. The Labute approximate surface area is 124 Å². The van der Waals surface area contributed by atoms with Crippen molar-refractivity contribution in [3.8, 4) is 11.8 Å². The SMILES string of the molecule is N#CCOc1ccccc1NC(=O)c1cncc(Br)c1. The van der Waals surface area contributed by atoms with Crippen molar-refractivity contribution >= 4 is 27.5 Å². The monoisotopic (exact) mass is 331 g/mol. The van der Waals surface area contributed by atoms with Gasteiger partial charge in [-0.05, 0) is 34.1 Å². The van der Waals surface area contributed by atoms with Crippen LogP contribution in [0.15, 0.2) is 47.2 Å². The first-order valence-electron chi connectivity index (χ1n) is 5.71. The van der Waals surface area contributed by atoms with Gasteiger partial charge in [-0.2, -0.15) is 5.26 Å². The van der Waals surface area contributed by atoms with Gasteiger partial charge in [0.2, 0.25) is 0 Å². The number of pyridine rings is 1. The van der Waals surface area contributed by atoms with Crippen LogP contribution >= 0.6 is 15.9 Å². The molecule has 0 atom stereocenters. The minimum absolute atomic E-state index is 0.0781. The molecule has 0 aliphatic carbocycles. The number of nitrogens with one attached hydrogen (secondary N) is 1. The zero-order chi connectivity index (χ0) is 14.4. The van der Waals surface area contributed by atoms with Crippen LogP contribution in [-0.4, -0.2) is 17.5 Å². The largest absolute Gasteiger partial charge is 0.477 e. The predicted octanol–water partition coefficient (Wildman–Crippen LogP) is 3.00. The molecule has 0 aliphatic rings. The van der Waals surface area contributed by atoms with Crippen LogP contribution in [0.1, 0.15) is 10.4 Å². The smallest absolute Gasteiger partial charge is 0.257 e. The third-order valence-electron chi connectivity index (χ3n) is 2.39. The predicted molar refractivity (Wildman–Crippen MR) is 77.4 cm³/mol. The van der Waals surface area contributed by atoms with Gasteiger partial charge in [-0.1, -0.05) is 12.1 Å². The number of nitrogens with zero attached hydrogens (tertiary/aromatic N) is 2. The number of halogens is 1. The maximum Gasteiger partial charge on any atom is 0.257 e. The topological polar surface area (TPSA) is 75.0 Å². The Morgan fingerprint density at radius 2 is 2.20 bits per heavy atom. The Balaban J connectivity index is 2.18. The highest BCUT2D eigenvalue weighted by Crippen LogP contribution is 2.24. The van der Waals surface area contributed by atoms with Crippen molar-refractivity contribution in [1.29, 1.82) is 5.26 Å². The van der Waals surface area contributed by atoms with Crippen LogP contribution < -0.4 is 10.1 Å². The van der Waals surface area contributed by atoms with Gasteiger partial charge >= 0.3 is 0 Å². The molecule has 0 spiro atoms. The van der Waals surface area contributed by atoms with Gasteiger partial charge < -0.3 is 10.1 Å². The number of hydrogen-bond donors (Lipinski definition) is 1. The van der Waals surface area contributed by atoms with Crippen molar-refractivity contribution in [1.82, 2.24) is 4.98 Å². The number of anilines is 1. The van der Waals surface area contributed by atoms with Crippen molar-refractivity contribution in [3.05, 3.63) is 52.8 Å². The van der Waals surface area contributed by atoms with E-state index in [0.29, 0.717) is 17.0 Å². The first kappa shape index (κ1) is 14.0. The van der Waals surface area contributed by atoms with Gasteiger partial charge in [0.05, 0.1) is 11.3 Å². The molecule has 1 heterocycles. The molecular weight excluding hydrogens is 322 g/mol. The molecule has 0 fully saturated rings. The molecule has 0 aliphatic heterocycles. The van der Waals surface area contributed by atoms with Crippen molar-refractivity contribution in [2.24, 2.45) is 0 Å². The Morgan fingerprint density at radius 3 is 2.95 bits per heavy atom. The summed E-state index contributed by atoms with van der Waals surface area (Å²) in [6.45, 7) is -0.0781. The van der Waals surface area contributed by atoms with Crippen LogP contribution in [0, 0.1) is 11.3 Å². The lowest BCUT2D eigenvalue weighted by Crippen LogP contribution is -2.13. The van der Waals surface area contributed by atoms with Crippen LogP contribution in [0.3, 0.4) is 0 Å². The molecule has 6 heteroatoms. The van der Waals surface area contributed by atoms with Crippen LogP contribution in [0.4, 0.5) is 5.69 Å². The average Bonchev–Trinajstić information content (AvgIpc) is 2.46. The summed E-state index contributed by atoms with van der Waals surface area (Å²) in [7, 11) is 0. The first-order chi connectivity index (χ1) is 9.70. The molecule has 0 radical (unpaired) electrons. The molecule has 1 N–H and O–H groups in total. The van der Waals surface area contributed by atoms with E-state index in [0.717, 1.165) is 4.47 Å². The molecule has 0 saturated heterocycles. The van der Waals surface area contributed by atoms with E-state index < -0.39 is 0 Å². The van der Waals surface area contributed by atoms with Gasteiger partial charge in [0, 0.05) is 16.9 Å². The summed E-state index contributed by atoms with van der Waals surface area (Å²) in [5, 5.41) is 11.3. The van der Waals surface area contributed by atoms with Crippen molar-refractivity contribution < 1.29 is 9.53 Å². The van der Waals surface area contributed by atoms with Crippen LogP contribution in [-0.2, 0) is 0 Å². The summed E-state index contributed by atoms with van der Waals surface area (Å²) in [5.41, 5.74) is 0.933. The van der Waals surface area contributed by atoms with Gasteiger partial charge in [0.15, 0.2) is 6.61 Å². The van der Waals surface area contributed by atoms with E-state index in [-0.39, 0.29) is 12.5 Å². The Bertz CT molecular complexity index is 667. The lowest BCUT2D eigenvalue weighted by Gasteiger charge is -2.10. The lowest BCUT2D eigenvalue weighted by molar-refractivity contribution is 0.102. The molecule has 1 amide bonds. The third kappa shape index (κ3) is 3.56. The highest BCUT2D eigenvalue weighted by atomic mass is 79.9. The van der Waals surface area contributed by atoms with E-state index in [1.165, 1.54) is 6.20 Å². The second-order valence-corrected chi connectivity index (χ2v) is 4.70. The number of rotatable bonds is 4. The van der Waals surface area contributed by atoms with E-state index in [1.54, 1.807) is 36.5 Å². The van der Waals surface area contributed by atoms with E-state index in [4.69, 9.17) is 10.00 Å². The number of para-hydroxylation sites is 2. The summed E-state index contributed by atoms with van der Waals surface area (Å²) in [6, 6.07) is 10.5. The van der Waals surface area contributed by atoms with Crippen molar-refractivity contribution in [2.75, 3.05) is 11.9 Å². The number of nitriles is 1. The summed E-state index contributed by atoms with van der Waals surface area (Å²) < 4.78 is 5.97. The Hall–Kier alpha value is -2.39. The fourth-order valence-corrected chi connectivity index (χ4v) is 1.90. The Morgan fingerprint density at radius 1 is 1.40 bits per heavy atom. The third-order valence-corrected chi connectivity index (χ3v) is 2.83. The molecule has 20 heavy (non-hydrogen) atoms. The van der Waals surface area contributed by atoms with Gasteiger partial charge in [-0.25, -0.2) is 0 Å². The lowest BCUT2D eigenvalue weighted by atomic mass is 10.2. The summed E-state index contributed by atoms with van der Waals surface area (Å²) in [6.07, 6.45) is 3.07. The van der Waals surface area contributed by atoms with Crippen LogP contribution in [0.25, 0.3) is 0 Å². The molecule has 2 rings (SSSR count). The van der Waals surface area contributed by atoms with Crippen LogP contribution in [0.2, 0.25) is 0 Å². The zero-order valence-corrected chi connectivity index (χ0v) is 11.9. The molecule has 100 valence electrons. The number of aromatic nitrogens is 1. The van der Waals surface area contributed by atoms with Crippen molar-refractivity contribution in [3.63, 3.8) is 0 Å². The number of benzene rings is 1.